The van der Waals surface area contributed by atoms with Crippen LogP contribution in [0.3, 0.4) is 0 Å². The Kier molecular flexibility index (Phi) is 7.58. The lowest BCUT2D eigenvalue weighted by atomic mass is 9.84. The van der Waals surface area contributed by atoms with Gasteiger partial charge in [-0.2, -0.15) is 0 Å². The molecule has 9 nitrogen and oxygen atoms in total. The molecule has 5 atom stereocenters. The number of aromatic amines is 2. The first-order valence-electron chi connectivity index (χ1n) is 15.4. The van der Waals surface area contributed by atoms with Gasteiger partial charge in [0.05, 0.1) is 24.4 Å². The third-order valence-electron chi connectivity index (χ3n) is 10.0. The number of fused-ring (bicyclic) bond motifs is 8. The Morgan fingerprint density at radius 1 is 1.00 bits per heavy atom. The van der Waals surface area contributed by atoms with Crippen LogP contribution in [0, 0.1) is 13.8 Å². The molecule has 0 radical (unpaired) electrons. The number of nitrogens with one attached hydrogen (secondary N) is 2. The molecule has 0 fully saturated rings. The van der Waals surface area contributed by atoms with Gasteiger partial charge >= 0.3 is 5.97 Å². The van der Waals surface area contributed by atoms with Gasteiger partial charge in [0, 0.05) is 62.3 Å². The van der Waals surface area contributed by atoms with Crippen LogP contribution in [0.5, 0.6) is 0 Å². The minimum absolute atomic E-state index is 0.123. The van der Waals surface area contributed by atoms with Gasteiger partial charge < -0.3 is 24.9 Å². The Balaban J connectivity index is 1.80. The SMILES string of the molecule is C=Cc1c(C)c2cc3nc(c4c5nc(cc6[nH]c(cc1[nH]2)c(C)c6CC)C(C)C5C(=O)[C@@H]4C(=O)OC)[C@@H](CCC(O)O)[C@@H]3C. The zero-order chi connectivity index (χ0) is 31.6. The van der Waals surface area contributed by atoms with Crippen LogP contribution in [0.25, 0.3) is 28.1 Å². The maximum atomic E-state index is 14.1. The minimum atomic E-state index is -1.49. The number of esters is 1. The first kappa shape index (κ1) is 30.0. The number of ether oxygens (including phenoxy) is 1. The number of carbonyl (C=O) groups is 2. The fraction of sp³-hybridized carbons (Fsp3) is 0.429. The Morgan fingerprint density at radius 3 is 2.30 bits per heavy atom. The normalized spacial score (nSPS) is 22.6. The Bertz CT molecular complexity index is 1870. The zero-order valence-electron chi connectivity index (χ0n) is 26.1. The third kappa shape index (κ3) is 4.52. The first-order chi connectivity index (χ1) is 21.0. The van der Waals surface area contributed by atoms with E-state index in [4.69, 9.17) is 14.7 Å². The number of ketones is 1. The van der Waals surface area contributed by atoms with E-state index in [0.29, 0.717) is 23.4 Å². The number of aliphatic hydroxyl groups is 2. The Morgan fingerprint density at radius 2 is 1.64 bits per heavy atom. The van der Waals surface area contributed by atoms with Gasteiger partial charge in [0.15, 0.2) is 12.1 Å². The fourth-order valence-electron chi connectivity index (χ4n) is 7.51. The van der Waals surface area contributed by atoms with Crippen molar-refractivity contribution in [2.24, 2.45) is 0 Å². The van der Waals surface area contributed by atoms with Crippen molar-refractivity contribution in [1.29, 1.82) is 0 Å². The predicted octanol–water partition coefficient (Wildman–Crippen LogP) is 5.84. The number of hydrogen-bond donors (Lipinski definition) is 4. The summed E-state index contributed by atoms with van der Waals surface area (Å²) < 4.78 is 5.16. The fourth-order valence-corrected chi connectivity index (χ4v) is 7.51. The number of H-pyrrole nitrogens is 2. The molecule has 0 saturated heterocycles. The number of aryl methyl sites for hydroxylation is 3. The average molecular weight is 597 g/mol. The highest BCUT2D eigenvalue weighted by molar-refractivity contribution is 6.11. The van der Waals surface area contributed by atoms with Crippen LogP contribution in [-0.4, -0.2) is 55.3 Å². The molecule has 3 aromatic rings. The molecular weight excluding hydrogens is 556 g/mol. The predicted molar refractivity (Wildman–Crippen MR) is 169 cm³/mol. The van der Waals surface area contributed by atoms with Crippen LogP contribution in [0.1, 0.15) is 114 Å². The molecular formula is C35H40N4O5. The van der Waals surface area contributed by atoms with Crippen molar-refractivity contribution in [3.05, 3.63) is 75.4 Å². The number of hydrogen-bond acceptors (Lipinski definition) is 7. The summed E-state index contributed by atoms with van der Waals surface area (Å²) >= 11 is 0. The van der Waals surface area contributed by atoms with Crippen LogP contribution >= 0.6 is 0 Å². The van der Waals surface area contributed by atoms with E-state index in [0.717, 1.165) is 56.6 Å². The molecule has 44 heavy (non-hydrogen) atoms. The van der Waals surface area contributed by atoms with Crippen LogP contribution in [0.4, 0.5) is 0 Å². The van der Waals surface area contributed by atoms with Gasteiger partial charge in [0.25, 0.3) is 0 Å². The van der Waals surface area contributed by atoms with Gasteiger partial charge in [-0.25, -0.2) is 0 Å². The second-order valence-corrected chi connectivity index (χ2v) is 12.4. The van der Waals surface area contributed by atoms with E-state index in [1.165, 1.54) is 12.7 Å². The molecule has 2 aliphatic heterocycles. The van der Waals surface area contributed by atoms with Crippen molar-refractivity contribution >= 4 is 39.9 Å². The highest BCUT2D eigenvalue weighted by Gasteiger charge is 2.52. The van der Waals surface area contributed by atoms with Crippen LogP contribution < -0.4 is 0 Å². The molecule has 230 valence electrons. The number of Topliss-reactive ketones (excluding diaryl/α,β-unsaturated/α-hetero) is 1. The van der Waals surface area contributed by atoms with Gasteiger partial charge in [-0.15, -0.1) is 0 Å². The van der Waals surface area contributed by atoms with E-state index in [2.05, 4.69) is 36.5 Å². The van der Waals surface area contributed by atoms with Crippen molar-refractivity contribution in [2.45, 2.75) is 89.8 Å². The van der Waals surface area contributed by atoms with Crippen molar-refractivity contribution < 1.29 is 24.5 Å². The monoisotopic (exact) mass is 596 g/mol. The highest BCUT2D eigenvalue weighted by atomic mass is 16.5. The molecule has 0 amide bonds. The smallest absolute Gasteiger partial charge is 0.320 e. The van der Waals surface area contributed by atoms with Gasteiger partial charge in [0.2, 0.25) is 0 Å². The molecule has 4 N–H and O–H groups in total. The van der Waals surface area contributed by atoms with E-state index >= 15 is 0 Å². The van der Waals surface area contributed by atoms with Crippen molar-refractivity contribution in [3.63, 3.8) is 0 Å². The topological polar surface area (TPSA) is 141 Å². The molecule has 2 unspecified atom stereocenters. The molecule has 5 heterocycles. The van der Waals surface area contributed by atoms with Gasteiger partial charge in [-0.3, -0.25) is 19.6 Å². The highest BCUT2D eigenvalue weighted by Crippen LogP contribution is 2.52. The van der Waals surface area contributed by atoms with Gasteiger partial charge in [-0.1, -0.05) is 33.4 Å². The Labute approximate surface area is 256 Å². The lowest BCUT2D eigenvalue weighted by Gasteiger charge is -2.19. The summed E-state index contributed by atoms with van der Waals surface area (Å²) in [5.74, 6) is -3.24. The number of rotatable bonds is 6. The molecule has 3 aromatic heterocycles. The summed E-state index contributed by atoms with van der Waals surface area (Å²) in [6.07, 6.45) is 1.70. The van der Waals surface area contributed by atoms with Crippen molar-refractivity contribution in [1.82, 2.24) is 19.9 Å². The standard InChI is InChI=1S/C35H40N4O5/c1-8-19-15(3)22-12-24-17(5)21(10-11-28(40)41)32(38-24)30-31(35(43)44-7)34(42)29-18(6)25(39-33(29)30)14-27-20(9-2)16(4)23(37-27)13-26(19)36-22/h8,12-14,17-18,21,28-29,31,36-37,40-41H,1,9-11H2,2-7H3/t17-,18?,21-,29?,31+/m0/s1. The van der Waals surface area contributed by atoms with E-state index in [1.807, 2.05) is 39.0 Å². The second-order valence-electron chi connectivity index (χ2n) is 12.4. The van der Waals surface area contributed by atoms with Crippen LogP contribution in [0.2, 0.25) is 0 Å². The molecule has 0 spiro atoms. The quantitative estimate of drug-likeness (QED) is 0.159. The van der Waals surface area contributed by atoms with E-state index in [9.17, 15) is 19.8 Å². The molecule has 0 saturated carbocycles. The average Bonchev–Trinajstić information content (AvgIpc) is 3.72. The summed E-state index contributed by atoms with van der Waals surface area (Å²) in [7, 11) is 1.29. The summed E-state index contributed by atoms with van der Waals surface area (Å²) in [4.78, 5) is 44.7. The number of nitrogens with zero attached hydrogens (tertiary/aromatic N) is 2. The molecule has 6 rings (SSSR count). The number of methoxy groups -OCH3 is 1. The first-order valence-corrected chi connectivity index (χ1v) is 15.4. The van der Waals surface area contributed by atoms with Crippen LogP contribution in [0.15, 0.2) is 24.8 Å². The molecule has 0 aromatic carbocycles. The third-order valence-corrected chi connectivity index (χ3v) is 10.0. The van der Waals surface area contributed by atoms with E-state index in [-0.39, 0.29) is 30.0 Å². The number of carbonyl (C=O) groups excluding carboxylic acids is 2. The summed E-state index contributed by atoms with van der Waals surface area (Å²) in [5.41, 5.74) is 11.3. The molecule has 9 heteroatoms. The summed E-state index contributed by atoms with van der Waals surface area (Å²) in [6.45, 7) is 14.4. The van der Waals surface area contributed by atoms with Crippen LogP contribution in [-0.2, 0) is 20.7 Å². The molecule has 8 bridgehead atoms. The van der Waals surface area contributed by atoms with E-state index < -0.39 is 24.1 Å². The summed E-state index contributed by atoms with van der Waals surface area (Å²) in [5, 5.41) is 19.6. The second kappa shape index (κ2) is 11.1. The molecule has 3 aliphatic rings. The summed E-state index contributed by atoms with van der Waals surface area (Å²) in [6, 6.07) is 6.16. The molecule has 1 aliphatic carbocycles. The van der Waals surface area contributed by atoms with Gasteiger partial charge in [0.1, 0.15) is 5.92 Å². The van der Waals surface area contributed by atoms with Gasteiger partial charge in [-0.05, 0) is 68.0 Å². The van der Waals surface area contributed by atoms with Crippen molar-refractivity contribution in [3.8, 4) is 0 Å². The maximum absolute atomic E-state index is 14.1. The Hall–Kier alpha value is -4.08. The number of aromatic nitrogens is 4. The van der Waals surface area contributed by atoms with E-state index in [1.54, 1.807) is 0 Å². The van der Waals surface area contributed by atoms with Crippen molar-refractivity contribution in [2.75, 3.05) is 7.11 Å². The lowest BCUT2D eigenvalue weighted by Crippen LogP contribution is -2.23. The lowest BCUT2D eigenvalue weighted by molar-refractivity contribution is -0.145. The minimum Gasteiger partial charge on any atom is -0.468 e. The largest absolute Gasteiger partial charge is 0.468 e. The maximum Gasteiger partial charge on any atom is 0.320 e. The number of aliphatic hydroxyl groups excluding tert-OH is 1. The zero-order valence-corrected chi connectivity index (χ0v) is 26.1.